The second kappa shape index (κ2) is 7.39. The molecule has 76 valence electrons. The topological polar surface area (TPSA) is 29.5 Å². The van der Waals surface area contributed by atoms with Crippen LogP contribution in [0.5, 0.6) is 0 Å². The van der Waals surface area contributed by atoms with E-state index in [-0.39, 0.29) is 11.9 Å². The number of ether oxygens (including phenoxy) is 1. The van der Waals surface area contributed by atoms with E-state index >= 15 is 0 Å². The highest BCUT2D eigenvalue weighted by atomic mass is 16.5. The molecular formula is C10H21BO2. The van der Waals surface area contributed by atoms with E-state index in [1.807, 2.05) is 6.92 Å². The van der Waals surface area contributed by atoms with Crippen molar-refractivity contribution in [3.05, 3.63) is 0 Å². The van der Waals surface area contributed by atoms with Crippen molar-refractivity contribution >= 4 is 7.85 Å². The van der Waals surface area contributed by atoms with Crippen molar-refractivity contribution in [1.29, 1.82) is 0 Å². The highest BCUT2D eigenvalue weighted by Gasteiger charge is 2.19. The standard InChI is InChI=1S/C10H21BO2/c1-4-5-6-7-9(11)10(12)8(2)13-3/h8-10,12H,4-7H2,1-3H3/t8?,9-,10?/m0/s1. The van der Waals surface area contributed by atoms with Crippen molar-refractivity contribution in [2.24, 2.45) is 0 Å². The van der Waals surface area contributed by atoms with Gasteiger partial charge in [0, 0.05) is 7.11 Å². The van der Waals surface area contributed by atoms with Gasteiger partial charge in [-0.05, 0) is 12.7 Å². The van der Waals surface area contributed by atoms with Crippen molar-refractivity contribution in [1.82, 2.24) is 0 Å². The van der Waals surface area contributed by atoms with Crippen molar-refractivity contribution in [2.45, 2.75) is 57.6 Å². The number of aliphatic hydroxyl groups excluding tert-OH is 1. The molecule has 13 heavy (non-hydrogen) atoms. The zero-order valence-electron chi connectivity index (χ0n) is 8.99. The van der Waals surface area contributed by atoms with E-state index in [9.17, 15) is 5.11 Å². The van der Waals surface area contributed by atoms with Crippen molar-refractivity contribution in [3.63, 3.8) is 0 Å². The molecule has 0 bridgehead atoms. The first kappa shape index (κ1) is 13.0. The molecule has 3 heteroatoms. The zero-order valence-corrected chi connectivity index (χ0v) is 8.99. The molecule has 0 saturated carbocycles. The first-order valence-corrected chi connectivity index (χ1v) is 5.09. The first-order chi connectivity index (χ1) is 6.13. The van der Waals surface area contributed by atoms with Gasteiger partial charge in [0.2, 0.25) is 0 Å². The van der Waals surface area contributed by atoms with Crippen LogP contribution in [0.2, 0.25) is 5.82 Å². The van der Waals surface area contributed by atoms with Crippen LogP contribution in [0.1, 0.15) is 39.5 Å². The van der Waals surface area contributed by atoms with E-state index < -0.39 is 6.10 Å². The molecule has 2 unspecified atom stereocenters. The minimum absolute atomic E-state index is 0.151. The second-order valence-corrected chi connectivity index (χ2v) is 3.59. The molecule has 3 atom stereocenters. The first-order valence-electron chi connectivity index (χ1n) is 5.09. The fourth-order valence-electron chi connectivity index (χ4n) is 1.29. The Labute approximate surface area is 83.1 Å². The predicted molar refractivity (Wildman–Crippen MR) is 56.1 cm³/mol. The molecule has 0 rings (SSSR count). The fourth-order valence-corrected chi connectivity index (χ4v) is 1.29. The number of unbranched alkanes of at least 4 members (excludes halogenated alkanes) is 2. The molecule has 0 heterocycles. The average molecular weight is 184 g/mol. The smallest absolute Gasteiger partial charge is 0.0797 e. The minimum atomic E-state index is -0.540. The lowest BCUT2D eigenvalue weighted by atomic mass is 9.77. The van der Waals surface area contributed by atoms with Crippen LogP contribution in [-0.2, 0) is 4.74 Å². The van der Waals surface area contributed by atoms with Gasteiger partial charge in [-0.25, -0.2) is 0 Å². The summed E-state index contributed by atoms with van der Waals surface area (Å²) in [5.41, 5.74) is 0. The van der Waals surface area contributed by atoms with Crippen LogP contribution in [-0.4, -0.2) is 32.3 Å². The Morgan fingerprint density at radius 1 is 1.38 bits per heavy atom. The Bertz CT molecular complexity index is 119. The summed E-state index contributed by atoms with van der Waals surface area (Å²) >= 11 is 0. The van der Waals surface area contributed by atoms with Crippen molar-refractivity contribution in [2.75, 3.05) is 7.11 Å². The molecule has 0 amide bonds. The van der Waals surface area contributed by atoms with Gasteiger partial charge < -0.3 is 9.84 Å². The van der Waals surface area contributed by atoms with Gasteiger partial charge in [0.1, 0.15) is 0 Å². The van der Waals surface area contributed by atoms with Crippen LogP contribution >= 0.6 is 0 Å². The summed E-state index contributed by atoms with van der Waals surface area (Å²) in [6, 6.07) is 0. The van der Waals surface area contributed by atoms with Gasteiger partial charge in [-0.2, -0.15) is 0 Å². The maximum atomic E-state index is 9.64. The third kappa shape index (κ3) is 5.32. The quantitative estimate of drug-likeness (QED) is 0.483. The number of rotatable bonds is 7. The van der Waals surface area contributed by atoms with E-state index in [1.165, 1.54) is 12.8 Å². The molecule has 0 aliphatic rings. The van der Waals surface area contributed by atoms with Crippen LogP contribution in [0.15, 0.2) is 0 Å². The van der Waals surface area contributed by atoms with E-state index in [4.69, 9.17) is 12.6 Å². The van der Waals surface area contributed by atoms with Crippen LogP contribution in [0, 0.1) is 0 Å². The molecule has 0 aromatic heterocycles. The average Bonchev–Trinajstić information content (AvgIpc) is 2.15. The molecule has 0 fully saturated rings. The van der Waals surface area contributed by atoms with Gasteiger partial charge >= 0.3 is 0 Å². The predicted octanol–water partition coefficient (Wildman–Crippen LogP) is 1.92. The van der Waals surface area contributed by atoms with Crippen molar-refractivity contribution < 1.29 is 9.84 Å². The fraction of sp³-hybridized carbons (Fsp3) is 1.00. The third-order valence-corrected chi connectivity index (χ3v) is 2.43. The summed E-state index contributed by atoms with van der Waals surface area (Å²) in [6.45, 7) is 3.99. The molecular weight excluding hydrogens is 163 g/mol. The Morgan fingerprint density at radius 3 is 2.46 bits per heavy atom. The summed E-state index contributed by atoms with van der Waals surface area (Å²) in [4.78, 5) is 0. The lowest BCUT2D eigenvalue weighted by Gasteiger charge is -2.24. The Morgan fingerprint density at radius 2 is 2.00 bits per heavy atom. The van der Waals surface area contributed by atoms with Crippen LogP contribution < -0.4 is 0 Å². The molecule has 1 N–H and O–H groups in total. The van der Waals surface area contributed by atoms with E-state index in [0.29, 0.717) is 0 Å². The maximum absolute atomic E-state index is 9.64. The van der Waals surface area contributed by atoms with Gasteiger partial charge in [0.15, 0.2) is 0 Å². The number of hydrogen-bond donors (Lipinski definition) is 1. The van der Waals surface area contributed by atoms with Gasteiger partial charge in [0.25, 0.3) is 0 Å². The summed E-state index contributed by atoms with van der Waals surface area (Å²) in [5, 5.41) is 9.64. The molecule has 0 aliphatic heterocycles. The van der Waals surface area contributed by atoms with Gasteiger partial charge in [-0.1, -0.05) is 32.6 Å². The maximum Gasteiger partial charge on any atom is 0.0797 e. The molecule has 0 aromatic carbocycles. The molecule has 0 saturated heterocycles. The Hall–Kier alpha value is -0.0151. The molecule has 2 nitrogen and oxygen atoms in total. The summed E-state index contributed by atoms with van der Waals surface area (Å²) in [6.07, 6.45) is 3.62. The summed E-state index contributed by atoms with van der Waals surface area (Å²) in [5.74, 6) is -0.151. The SMILES string of the molecule is [B][C@@H](CCCCC)C(O)C(C)OC. The highest BCUT2D eigenvalue weighted by molar-refractivity contribution is 6.12. The molecule has 0 aliphatic carbocycles. The lowest BCUT2D eigenvalue weighted by Crippen LogP contribution is -2.29. The van der Waals surface area contributed by atoms with Gasteiger partial charge in [-0.15, -0.1) is 0 Å². The zero-order chi connectivity index (χ0) is 10.3. The lowest BCUT2D eigenvalue weighted by molar-refractivity contribution is -0.00466. The number of methoxy groups -OCH3 is 1. The van der Waals surface area contributed by atoms with Crippen molar-refractivity contribution in [3.8, 4) is 0 Å². The number of hydrogen-bond acceptors (Lipinski definition) is 2. The number of aliphatic hydroxyl groups is 1. The molecule has 2 radical (unpaired) electrons. The van der Waals surface area contributed by atoms with Crippen LogP contribution in [0.3, 0.4) is 0 Å². The highest BCUT2D eigenvalue weighted by Crippen LogP contribution is 2.19. The normalized spacial score (nSPS) is 18.2. The second-order valence-electron chi connectivity index (χ2n) is 3.59. The van der Waals surface area contributed by atoms with Crippen LogP contribution in [0.25, 0.3) is 0 Å². The Balaban J connectivity index is 3.62. The molecule has 0 aromatic rings. The third-order valence-electron chi connectivity index (χ3n) is 2.43. The van der Waals surface area contributed by atoms with E-state index in [0.717, 1.165) is 12.8 Å². The van der Waals surface area contributed by atoms with Gasteiger partial charge in [0.05, 0.1) is 20.1 Å². The van der Waals surface area contributed by atoms with E-state index in [1.54, 1.807) is 7.11 Å². The Kier molecular flexibility index (Phi) is 7.39. The van der Waals surface area contributed by atoms with E-state index in [2.05, 4.69) is 6.92 Å². The summed E-state index contributed by atoms with van der Waals surface area (Å²) < 4.78 is 5.01. The largest absolute Gasteiger partial charge is 0.391 e. The molecule has 0 spiro atoms. The van der Waals surface area contributed by atoms with Crippen LogP contribution in [0.4, 0.5) is 0 Å². The van der Waals surface area contributed by atoms with Gasteiger partial charge in [-0.3, -0.25) is 0 Å². The monoisotopic (exact) mass is 184 g/mol. The minimum Gasteiger partial charge on any atom is -0.391 e. The summed E-state index contributed by atoms with van der Waals surface area (Å²) in [7, 11) is 7.39.